The van der Waals surface area contributed by atoms with E-state index in [0.717, 1.165) is 31.2 Å². The van der Waals surface area contributed by atoms with Gasteiger partial charge in [0.1, 0.15) is 0 Å². The summed E-state index contributed by atoms with van der Waals surface area (Å²) in [5, 5.41) is 6.65. The van der Waals surface area contributed by atoms with Gasteiger partial charge in [-0.1, -0.05) is 35.9 Å². The lowest BCUT2D eigenvalue weighted by Crippen LogP contribution is -2.37. The van der Waals surface area contributed by atoms with Crippen LogP contribution in [0.15, 0.2) is 47.6 Å². The van der Waals surface area contributed by atoms with Gasteiger partial charge in [-0.3, -0.25) is 9.98 Å². The average molecular weight is 296 g/mol. The number of hydrogen-bond donors (Lipinski definition) is 2. The van der Waals surface area contributed by atoms with E-state index in [1.165, 1.54) is 16.7 Å². The minimum absolute atomic E-state index is 0.770. The van der Waals surface area contributed by atoms with Crippen LogP contribution in [0.5, 0.6) is 0 Å². The summed E-state index contributed by atoms with van der Waals surface area (Å²) in [5.74, 6) is 0.820. The molecule has 1 aromatic heterocycles. The van der Waals surface area contributed by atoms with Crippen molar-refractivity contribution in [1.29, 1.82) is 0 Å². The maximum absolute atomic E-state index is 4.31. The molecule has 0 amide bonds. The zero-order valence-corrected chi connectivity index (χ0v) is 13.6. The minimum Gasteiger partial charge on any atom is -0.356 e. The maximum Gasteiger partial charge on any atom is 0.191 e. The van der Waals surface area contributed by atoms with Crippen molar-refractivity contribution in [3.05, 3.63) is 65.0 Å². The SMILES string of the molecule is CN=C(NCCc1ccc(C)nc1)NCc1ccc(C)cc1. The number of rotatable bonds is 5. The molecule has 0 fully saturated rings. The van der Waals surface area contributed by atoms with Crippen LogP contribution in [0.4, 0.5) is 0 Å². The summed E-state index contributed by atoms with van der Waals surface area (Å²) in [6, 6.07) is 12.7. The Kier molecular flexibility index (Phi) is 5.95. The second-order valence-electron chi connectivity index (χ2n) is 5.40. The molecule has 0 unspecified atom stereocenters. The molecule has 0 saturated carbocycles. The summed E-state index contributed by atoms with van der Waals surface area (Å²) < 4.78 is 0. The molecule has 116 valence electrons. The van der Waals surface area contributed by atoms with Crippen molar-refractivity contribution >= 4 is 5.96 Å². The lowest BCUT2D eigenvalue weighted by Gasteiger charge is -2.12. The number of guanidine groups is 1. The molecule has 2 aromatic rings. The standard InChI is InChI=1S/C18H24N4/c1-14-4-7-16(8-5-14)13-22-18(19-3)20-11-10-17-9-6-15(2)21-12-17/h4-9,12H,10-11,13H2,1-3H3,(H2,19,20,22). The van der Waals surface area contributed by atoms with Crippen molar-refractivity contribution in [2.24, 2.45) is 4.99 Å². The topological polar surface area (TPSA) is 49.3 Å². The number of nitrogens with zero attached hydrogens (tertiary/aromatic N) is 2. The molecule has 0 aliphatic heterocycles. The lowest BCUT2D eigenvalue weighted by atomic mass is 10.1. The fourth-order valence-corrected chi connectivity index (χ4v) is 2.08. The number of pyridine rings is 1. The van der Waals surface area contributed by atoms with E-state index in [1.807, 2.05) is 19.2 Å². The number of hydrogen-bond acceptors (Lipinski definition) is 2. The van der Waals surface area contributed by atoms with Crippen LogP contribution >= 0.6 is 0 Å². The summed E-state index contributed by atoms with van der Waals surface area (Å²) in [6.45, 7) is 5.70. The molecule has 0 saturated heterocycles. The van der Waals surface area contributed by atoms with Gasteiger partial charge < -0.3 is 10.6 Å². The van der Waals surface area contributed by atoms with Crippen molar-refractivity contribution in [3.63, 3.8) is 0 Å². The third-order valence-electron chi connectivity index (χ3n) is 3.48. The van der Waals surface area contributed by atoms with Crippen LogP contribution in [0.1, 0.15) is 22.4 Å². The molecule has 0 atom stereocenters. The summed E-state index contributed by atoms with van der Waals surface area (Å²) in [7, 11) is 1.79. The third-order valence-corrected chi connectivity index (χ3v) is 3.48. The zero-order chi connectivity index (χ0) is 15.8. The molecule has 0 aliphatic rings. The molecule has 0 aliphatic carbocycles. The maximum atomic E-state index is 4.31. The summed E-state index contributed by atoms with van der Waals surface area (Å²) in [6.07, 6.45) is 2.86. The highest BCUT2D eigenvalue weighted by Crippen LogP contribution is 2.02. The van der Waals surface area contributed by atoms with Gasteiger partial charge in [0.05, 0.1) is 0 Å². The van der Waals surface area contributed by atoms with Gasteiger partial charge >= 0.3 is 0 Å². The van der Waals surface area contributed by atoms with Crippen molar-refractivity contribution in [3.8, 4) is 0 Å². The summed E-state index contributed by atoms with van der Waals surface area (Å²) >= 11 is 0. The monoisotopic (exact) mass is 296 g/mol. The number of aryl methyl sites for hydroxylation is 2. The molecular weight excluding hydrogens is 272 g/mol. The largest absolute Gasteiger partial charge is 0.356 e. The Labute approximate surface area is 132 Å². The third kappa shape index (κ3) is 5.20. The normalized spacial score (nSPS) is 11.3. The van der Waals surface area contributed by atoms with Gasteiger partial charge in [-0.2, -0.15) is 0 Å². The average Bonchev–Trinajstić information content (AvgIpc) is 2.54. The molecular formula is C18H24N4. The Morgan fingerprint density at radius 3 is 2.36 bits per heavy atom. The summed E-state index contributed by atoms with van der Waals surface area (Å²) in [5.41, 5.74) is 4.80. The van der Waals surface area contributed by atoms with Gasteiger partial charge in [-0.15, -0.1) is 0 Å². The molecule has 2 N–H and O–H groups in total. The second kappa shape index (κ2) is 8.17. The molecule has 1 heterocycles. The molecule has 22 heavy (non-hydrogen) atoms. The number of aliphatic imine (C=N–C) groups is 1. The Morgan fingerprint density at radius 2 is 1.73 bits per heavy atom. The van der Waals surface area contributed by atoms with E-state index >= 15 is 0 Å². The first-order valence-electron chi connectivity index (χ1n) is 7.59. The Balaban J connectivity index is 1.75. The van der Waals surface area contributed by atoms with Gasteiger partial charge in [0.25, 0.3) is 0 Å². The first-order valence-corrected chi connectivity index (χ1v) is 7.59. The molecule has 4 heteroatoms. The van der Waals surface area contributed by atoms with E-state index in [1.54, 1.807) is 7.05 Å². The van der Waals surface area contributed by atoms with Crippen molar-refractivity contribution in [1.82, 2.24) is 15.6 Å². The smallest absolute Gasteiger partial charge is 0.191 e. The van der Waals surface area contributed by atoms with Gasteiger partial charge in [0, 0.05) is 32.0 Å². The Bertz CT molecular complexity index is 600. The highest BCUT2D eigenvalue weighted by molar-refractivity contribution is 5.79. The van der Waals surface area contributed by atoms with Crippen LogP contribution in [0.25, 0.3) is 0 Å². The fourth-order valence-electron chi connectivity index (χ4n) is 2.08. The first-order chi connectivity index (χ1) is 10.7. The van der Waals surface area contributed by atoms with Crippen LogP contribution in [0, 0.1) is 13.8 Å². The van der Waals surface area contributed by atoms with Crippen LogP contribution in [0.3, 0.4) is 0 Å². The molecule has 1 aromatic carbocycles. The van der Waals surface area contributed by atoms with Crippen LogP contribution in [-0.4, -0.2) is 24.5 Å². The summed E-state index contributed by atoms with van der Waals surface area (Å²) in [4.78, 5) is 8.55. The van der Waals surface area contributed by atoms with Crippen molar-refractivity contribution in [2.45, 2.75) is 26.8 Å². The highest BCUT2D eigenvalue weighted by Gasteiger charge is 1.99. The van der Waals surface area contributed by atoms with E-state index in [0.29, 0.717) is 0 Å². The van der Waals surface area contributed by atoms with E-state index < -0.39 is 0 Å². The minimum atomic E-state index is 0.770. The first kappa shape index (κ1) is 16.0. The van der Waals surface area contributed by atoms with Gasteiger partial charge in [0.2, 0.25) is 0 Å². The number of benzene rings is 1. The second-order valence-corrected chi connectivity index (χ2v) is 5.40. The van der Waals surface area contributed by atoms with E-state index in [4.69, 9.17) is 0 Å². The predicted octanol–water partition coefficient (Wildman–Crippen LogP) is 2.61. The van der Waals surface area contributed by atoms with E-state index in [-0.39, 0.29) is 0 Å². The molecule has 2 rings (SSSR count). The predicted molar refractivity (Wildman–Crippen MR) is 92.1 cm³/mol. The number of nitrogens with one attached hydrogen (secondary N) is 2. The van der Waals surface area contributed by atoms with Gasteiger partial charge in [0.15, 0.2) is 5.96 Å². The fraction of sp³-hybridized carbons (Fsp3) is 0.333. The molecule has 0 spiro atoms. The van der Waals surface area contributed by atoms with Crippen LogP contribution in [-0.2, 0) is 13.0 Å². The van der Waals surface area contributed by atoms with E-state index in [2.05, 4.69) is 57.9 Å². The molecule has 4 nitrogen and oxygen atoms in total. The molecule has 0 radical (unpaired) electrons. The van der Waals surface area contributed by atoms with Crippen LogP contribution < -0.4 is 10.6 Å². The number of aromatic nitrogens is 1. The Hall–Kier alpha value is -2.36. The molecule has 0 bridgehead atoms. The van der Waals surface area contributed by atoms with E-state index in [9.17, 15) is 0 Å². The lowest BCUT2D eigenvalue weighted by molar-refractivity contribution is 0.792. The quantitative estimate of drug-likeness (QED) is 0.658. The van der Waals surface area contributed by atoms with Gasteiger partial charge in [-0.25, -0.2) is 0 Å². The van der Waals surface area contributed by atoms with Crippen molar-refractivity contribution < 1.29 is 0 Å². The Morgan fingerprint density at radius 1 is 1.00 bits per heavy atom. The van der Waals surface area contributed by atoms with Crippen molar-refractivity contribution in [2.75, 3.05) is 13.6 Å². The highest BCUT2D eigenvalue weighted by atomic mass is 15.2. The van der Waals surface area contributed by atoms with Crippen LogP contribution in [0.2, 0.25) is 0 Å². The van der Waals surface area contributed by atoms with Gasteiger partial charge in [-0.05, 0) is 37.5 Å². The zero-order valence-electron chi connectivity index (χ0n) is 13.6.